The zero-order valence-corrected chi connectivity index (χ0v) is 11.9. The summed E-state index contributed by atoms with van der Waals surface area (Å²) in [6.45, 7) is 3.81. The zero-order valence-electron chi connectivity index (χ0n) is 11.1. The Kier molecular flexibility index (Phi) is 5.55. The molecule has 1 aliphatic rings. The summed E-state index contributed by atoms with van der Waals surface area (Å²) in [5, 5.41) is 3.23. The van der Waals surface area contributed by atoms with Gasteiger partial charge in [-0.25, -0.2) is 12.7 Å². The molecule has 106 valence electrons. The summed E-state index contributed by atoms with van der Waals surface area (Å²) in [6.07, 6.45) is 3.47. The van der Waals surface area contributed by atoms with Gasteiger partial charge in [-0.1, -0.05) is 0 Å². The van der Waals surface area contributed by atoms with E-state index in [1.54, 1.807) is 0 Å². The van der Waals surface area contributed by atoms with Gasteiger partial charge >= 0.3 is 0 Å². The van der Waals surface area contributed by atoms with Crippen LogP contribution in [0.1, 0.15) is 26.2 Å². The number of primary amides is 1. The summed E-state index contributed by atoms with van der Waals surface area (Å²) in [6, 6.07) is 0.0381. The van der Waals surface area contributed by atoms with E-state index in [0.717, 1.165) is 19.4 Å². The molecule has 2 unspecified atom stereocenters. The van der Waals surface area contributed by atoms with Gasteiger partial charge in [0, 0.05) is 25.6 Å². The van der Waals surface area contributed by atoms with Gasteiger partial charge < -0.3 is 11.1 Å². The van der Waals surface area contributed by atoms with Crippen LogP contribution in [0.4, 0.5) is 0 Å². The minimum Gasteiger partial charge on any atom is -0.370 e. The molecule has 3 N–H and O–H groups in total. The first-order valence-electron chi connectivity index (χ1n) is 6.26. The molecule has 0 aromatic rings. The summed E-state index contributed by atoms with van der Waals surface area (Å²) >= 11 is 0. The number of carbonyl (C=O) groups excluding carboxylic acids is 1. The van der Waals surface area contributed by atoms with Gasteiger partial charge in [0.15, 0.2) is 0 Å². The van der Waals surface area contributed by atoms with Crippen molar-refractivity contribution in [2.45, 2.75) is 32.2 Å². The Labute approximate surface area is 109 Å². The van der Waals surface area contributed by atoms with Crippen molar-refractivity contribution in [2.75, 3.05) is 25.9 Å². The molecule has 0 saturated carbocycles. The van der Waals surface area contributed by atoms with Crippen LogP contribution in [0.15, 0.2) is 0 Å². The first kappa shape index (κ1) is 15.4. The number of sulfonamides is 1. The first-order valence-corrected chi connectivity index (χ1v) is 8.10. The third-order valence-corrected chi connectivity index (χ3v) is 4.48. The number of hydrogen-bond donors (Lipinski definition) is 2. The lowest BCUT2D eigenvalue weighted by Gasteiger charge is -2.31. The molecule has 6 nitrogen and oxygen atoms in total. The maximum absolute atomic E-state index is 11.5. The topological polar surface area (TPSA) is 92.5 Å². The van der Waals surface area contributed by atoms with Crippen molar-refractivity contribution in [1.82, 2.24) is 9.62 Å². The quantitative estimate of drug-likeness (QED) is 0.685. The molecule has 0 aliphatic carbocycles. The van der Waals surface area contributed by atoms with E-state index < -0.39 is 10.0 Å². The van der Waals surface area contributed by atoms with Crippen molar-refractivity contribution >= 4 is 15.9 Å². The normalized spacial score (nSPS) is 23.8. The fraction of sp³-hybridized carbons (Fsp3) is 0.909. The molecule has 0 spiro atoms. The fourth-order valence-electron chi connectivity index (χ4n) is 2.24. The Balaban J connectivity index is 2.37. The first-order chi connectivity index (χ1) is 8.29. The summed E-state index contributed by atoms with van der Waals surface area (Å²) in [7, 11) is -3.08. The van der Waals surface area contributed by atoms with Gasteiger partial charge in [-0.05, 0) is 32.2 Å². The van der Waals surface area contributed by atoms with Gasteiger partial charge in [-0.3, -0.25) is 4.79 Å². The number of carbonyl (C=O) groups is 1. The van der Waals surface area contributed by atoms with Gasteiger partial charge in [0.05, 0.1) is 6.26 Å². The fourth-order valence-corrected chi connectivity index (χ4v) is 3.18. The molecule has 1 fully saturated rings. The highest BCUT2D eigenvalue weighted by atomic mass is 32.2. The largest absolute Gasteiger partial charge is 0.370 e. The van der Waals surface area contributed by atoms with Crippen molar-refractivity contribution in [2.24, 2.45) is 11.7 Å². The molecule has 0 bridgehead atoms. The third kappa shape index (κ3) is 5.32. The number of hydrogen-bond acceptors (Lipinski definition) is 4. The predicted molar refractivity (Wildman–Crippen MR) is 70.4 cm³/mol. The molecule has 1 heterocycles. The molecule has 0 radical (unpaired) electrons. The molecule has 1 saturated heterocycles. The maximum Gasteiger partial charge on any atom is 0.218 e. The highest BCUT2D eigenvalue weighted by molar-refractivity contribution is 7.88. The molecule has 1 amide bonds. The van der Waals surface area contributed by atoms with Crippen LogP contribution in [0, 0.1) is 5.92 Å². The Hall–Kier alpha value is -0.660. The van der Waals surface area contributed by atoms with Crippen molar-refractivity contribution < 1.29 is 13.2 Å². The highest BCUT2D eigenvalue weighted by Crippen LogP contribution is 2.18. The van der Waals surface area contributed by atoms with Crippen molar-refractivity contribution in [3.05, 3.63) is 0 Å². The van der Waals surface area contributed by atoms with Crippen molar-refractivity contribution in [3.8, 4) is 0 Å². The number of amides is 1. The number of piperidine rings is 1. The van der Waals surface area contributed by atoms with E-state index in [1.165, 1.54) is 10.6 Å². The van der Waals surface area contributed by atoms with Crippen LogP contribution in [-0.4, -0.2) is 50.6 Å². The second kappa shape index (κ2) is 6.49. The van der Waals surface area contributed by atoms with Crippen molar-refractivity contribution in [3.63, 3.8) is 0 Å². The number of nitrogens with two attached hydrogens (primary N) is 1. The molecule has 7 heteroatoms. The second-order valence-corrected chi connectivity index (χ2v) is 7.09. The highest BCUT2D eigenvalue weighted by Gasteiger charge is 2.25. The maximum atomic E-state index is 11.5. The lowest BCUT2D eigenvalue weighted by atomic mass is 9.99. The van der Waals surface area contributed by atoms with Crippen LogP contribution < -0.4 is 11.1 Å². The monoisotopic (exact) mass is 277 g/mol. The van der Waals surface area contributed by atoms with E-state index in [2.05, 4.69) is 5.32 Å². The third-order valence-electron chi connectivity index (χ3n) is 3.21. The minimum absolute atomic E-state index is 0.0381. The second-order valence-electron chi connectivity index (χ2n) is 5.11. The smallest absolute Gasteiger partial charge is 0.218 e. The van der Waals surface area contributed by atoms with E-state index in [-0.39, 0.29) is 11.9 Å². The lowest BCUT2D eigenvalue weighted by molar-refractivity contribution is -0.118. The average Bonchev–Trinajstić information content (AvgIpc) is 2.25. The van der Waals surface area contributed by atoms with Gasteiger partial charge in [0.1, 0.15) is 0 Å². The van der Waals surface area contributed by atoms with E-state index >= 15 is 0 Å². The summed E-state index contributed by atoms with van der Waals surface area (Å²) in [5.74, 6) is -0.0137. The minimum atomic E-state index is -3.08. The van der Waals surface area contributed by atoms with Gasteiger partial charge in [-0.15, -0.1) is 0 Å². The van der Waals surface area contributed by atoms with E-state index in [0.29, 0.717) is 25.4 Å². The van der Waals surface area contributed by atoms with Crippen molar-refractivity contribution in [1.29, 1.82) is 0 Å². The van der Waals surface area contributed by atoms with Crippen LogP contribution >= 0.6 is 0 Å². The Morgan fingerprint density at radius 2 is 2.22 bits per heavy atom. The van der Waals surface area contributed by atoms with Crippen LogP contribution in [0.3, 0.4) is 0 Å². The molecular formula is C11H23N3O3S. The summed E-state index contributed by atoms with van der Waals surface area (Å²) < 4.78 is 24.4. The summed E-state index contributed by atoms with van der Waals surface area (Å²) in [5.41, 5.74) is 5.11. The van der Waals surface area contributed by atoms with Gasteiger partial charge in [0.25, 0.3) is 0 Å². The van der Waals surface area contributed by atoms with Crippen LogP contribution in [0.25, 0.3) is 0 Å². The zero-order chi connectivity index (χ0) is 13.8. The van der Waals surface area contributed by atoms with E-state index in [9.17, 15) is 13.2 Å². The molecule has 0 aromatic carbocycles. The summed E-state index contributed by atoms with van der Waals surface area (Å²) in [4.78, 5) is 10.7. The Morgan fingerprint density at radius 3 is 2.78 bits per heavy atom. The van der Waals surface area contributed by atoms with Crippen LogP contribution in [0.2, 0.25) is 0 Å². The van der Waals surface area contributed by atoms with Crippen LogP contribution in [0.5, 0.6) is 0 Å². The Morgan fingerprint density at radius 1 is 1.56 bits per heavy atom. The SMILES string of the molecule is CC(CC(N)=O)NCC1CCCN(S(C)(=O)=O)C1. The predicted octanol–water partition coefficient (Wildman–Crippen LogP) is -0.488. The molecule has 2 atom stereocenters. The molecule has 0 aromatic heterocycles. The van der Waals surface area contributed by atoms with Gasteiger partial charge in [0.2, 0.25) is 15.9 Å². The number of rotatable bonds is 6. The molecular weight excluding hydrogens is 254 g/mol. The van der Waals surface area contributed by atoms with Crippen LogP contribution in [-0.2, 0) is 14.8 Å². The Bertz CT molecular complexity index is 383. The molecule has 1 aliphatic heterocycles. The number of nitrogens with one attached hydrogen (secondary N) is 1. The lowest BCUT2D eigenvalue weighted by Crippen LogP contribution is -2.44. The van der Waals surface area contributed by atoms with E-state index in [1.807, 2.05) is 6.92 Å². The van der Waals surface area contributed by atoms with E-state index in [4.69, 9.17) is 5.73 Å². The molecule has 1 rings (SSSR count). The molecule has 18 heavy (non-hydrogen) atoms. The number of nitrogens with zero attached hydrogens (tertiary/aromatic N) is 1. The van der Waals surface area contributed by atoms with Gasteiger partial charge in [-0.2, -0.15) is 0 Å². The standard InChI is InChI=1S/C11H23N3O3S/c1-9(6-11(12)15)13-7-10-4-3-5-14(8-10)18(2,16)17/h9-10,13H,3-8H2,1-2H3,(H2,12,15). The average molecular weight is 277 g/mol.